The van der Waals surface area contributed by atoms with Crippen LogP contribution in [0.4, 0.5) is 0 Å². The summed E-state index contributed by atoms with van der Waals surface area (Å²) in [6.07, 6.45) is 0.0338. The Hall–Kier alpha value is -2.47. The molecule has 142 valence electrons. The fraction of sp³-hybridized carbons (Fsp3) is 0.381. The summed E-state index contributed by atoms with van der Waals surface area (Å²) < 4.78 is 5.27. The highest BCUT2D eigenvalue weighted by Gasteiger charge is 2.27. The number of carbonyl (C=O) groups is 3. The number of amides is 1. The second kappa shape index (κ2) is 8.48. The third-order valence-electron chi connectivity index (χ3n) is 4.67. The predicted octanol–water partition coefficient (Wildman–Crippen LogP) is 3.54. The standard InChI is InChI=1S/C21H23NO4S/c1-14-7-9-19(27-14)18(23)8-10-20(24)26-15(2)21(25)22-12-11-16-5-3-4-6-17(16)13-22/h3-7,9,15H,8,10-13H2,1-2H3/t15-/m0/s1. The molecule has 0 saturated carbocycles. The molecule has 0 bridgehead atoms. The van der Waals surface area contributed by atoms with E-state index in [1.54, 1.807) is 17.9 Å². The van der Waals surface area contributed by atoms with E-state index in [-0.39, 0.29) is 24.5 Å². The Morgan fingerprint density at radius 1 is 1.11 bits per heavy atom. The molecule has 0 radical (unpaired) electrons. The van der Waals surface area contributed by atoms with Gasteiger partial charge in [0.2, 0.25) is 0 Å². The molecule has 27 heavy (non-hydrogen) atoms. The Balaban J connectivity index is 1.48. The molecule has 0 saturated heterocycles. The zero-order chi connectivity index (χ0) is 19.4. The van der Waals surface area contributed by atoms with Gasteiger partial charge in [0.1, 0.15) is 0 Å². The summed E-state index contributed by atoms with van der Waals surface area (Å²) in [6, 6.07) is 11.7. The van der Waals surface area contributed by atoms with E-state index in [0.29, 0.717) is 18.0 Å². The lowest BCUT2D eigenvalue weighted by molar-refractivity contribution is -0.159. The number of esters is 1. The maximum Gasteiger partial charge on any atom is 0.307 e. The largest absolute Gasteiger partial charge is 0.453 e. The number of nitrogens with zero attached hydrogens (tertiary/aromatic N) is 1. The maximum atomic E-state index is 12.6. The first-order chi connectivity index (χ1) is 12.9. The Labute approximate surface area is 162 Å². The Bertz CT molecular complexity index is 857. The van der Waals surface area contributed by atoms with E-state index in [2.05, 4.69) is 6.07 Å². The molecule has 0 aliphatic carbocycles. The zero-order valence-electron chi connectivity index (χ0n) is 15.6. The molecule has 0 fully saturated rings. The van der Waals surface area contributed by atoms with Gasteiger partial charge in [0.25, 0.3) is 5.91 Å². The first-order valence-electron chi connectivity index (χ1n) is 9.08. The van der Waals surface area contributed by atoms with Gasteiger partial charge in [0.05, 0.1) is 11.3 Å². The van der Waals surface area contributed by atoms with Crippen molar-refractivity contribution in [2.75, 3.05) is 6.54 Å². The van der Waals surface area contributed by atoms with Crippen molar-refractivity contribution in [2.24, 2.45) is 0 Å². The Morgan fingerprint density at radius 3 is 2.56 bits per heavy atom. The summed E-state index contributed by atoms with van der Waals surface area (Å²) in [5.41, 5.74) is 2.39. The molecule has 0 unspecified atom stereocenters. The minimum Gasteiger partial charge on any atom is -0.453 e. The zero-order valence-corrected chi connectivity index (χ0v) is 16.4. The van der Waals surface area contributed by atoms with Gasteiger partial charge in [-0.2, -0.15) is 0 Å². The molecule has 2 heterocycles. The molecular formula is C21H23NO4S. The second-order valence-corrected chi connectivity index (χ2v) is 8.03. The summed E-state index contributed by atoms with van der Waals surface area (Å²) >= 11 is 1.42. The molecule has 2 aromatic rings. The van der Waals surface area contributed by atoms with Gasteiger partial charge in [-0.05, 0) is 43.5 Å². The summed E-state index contributed by atoms with van der Waals surface area (Å²) in [4.78, 5) is 40.1. The van der Waals surface area contributed by atoms with Crippen LogP contribution in [0.3, 0.4) is 0 Å². The summed E-state index contributed by atoms with van der Waals surface area (Å²) in [5.74, 6) is -0.787. The van der Waals surface area contributed by atoms with Crippen molar-refractivity contribution in [2.45, 2.75) is 45.8 Å². The number of rotatable bonds is 6. The molecular weight excluding hydrogens is 362 g/mol. The first-order valence-corrected chi connectivity index (χ1v) is 9.90. The van der Waals surface area contributed by atoms with Gasteiger partial charge in [-0.15, -0.1) is 11.3 Å². The highest BCUT2D eigenvalue weighted by molar-refractivity contribution is 7.14. The van der Waals surface area contributed by atoms with E-state index in [1.165, 1.54) is 16.9 Å². The Kier molecular flexibility index (Phi) is 6.06. The van der Waals surface area contributed by atoms with Crippen molar-refractivity contribution in [1.82, 2.24) is 4.90 Å². The summed E-state index contributed by atoms with van der Waals surface area (Å²) in [5, 5.41) is 0. The minimum atomic E-state index is -0.846. The van der Waals surface area contributed by atoms with Crippen LogP contribution >= 0.6 is 11.3 Å². The molecule has 1 amide bonds. The molecule has 1 atom stereocenters. The number of fused-ring (bicyclic) bond motifs is 1. The molecule has 5 nitrogen and oxygen atoms in total. The SMILES string of the molecule is Cc1ccc(C(=O)CCC(=O)O[C@@H](C)C(=O)N2CCc3ccccc3C2)s1. The molecule has 1 aliphatic rings. The van der Waals surface area contributed by atoms with Crippen LogP contribution in [0.2, 0.25) is 0 Å². The van der Waals surface area contributed by atoms with Gasteiger partial charge < -0.3 is 9.64 Å². The van der Waals surface area contributed by atoms with Gasteiger partial charge in [0, 0.05) is 24.4 Å². The van der Waals surface area contributed by atoms with Crippen molar-refractivity contribution in [3.63, 3.8) is 0 Å². The number of hydrogen-bond donors (Lipinski definition) is 0. The van der Waals surface area contributed by atoms with Gasteiger partial charge >= 0.3 is 5.97 Å². The molecule has 6 heteroatoms. The van der Waals surface area contributed by atoms with Gasteiger partial charge in [-0.3, -0.25) is 14.4 Å². The summed E-state index contributed by atoms with van der Waals surface area (Å²) in [6.45, 7) is 4.67. The molecule has 0 N–H and O–H groups in total. The van der Waals surface area contributed by atoms with Crippen LogP contribution in [0.15, 0.2) is 36.4 Å². The van der Waals surface area contributed by atoms with Crippen LogP contribution in [0, 0.1) is 6.92 Å². The van der Waals surface area contributed by atoms with E-state index in [1.807, 2.05) is 31.2 Å². The second-order valence-electron chi connectivity index (χ2n) is 6.74. The van der Waals surface area contributed by atoms with Gasteiger partial charge in [0.15, 0.2) is 11.9 Å². The van der Waals surface area contributed by atoms with Crippen molar-refractivity contribution in [3.05, 3.63) is 57.3 Å². The van der Waals surface area contributed by atoms with Crippen LogP contribution < -0.4 is 0 Å². The third-order valence-corrected chi connectivity index (χ3v) is 5.71. The molecule has 0 spiro atoms. The highest BCUT2D eigenvalue weighted by Crippen LogP contribution is 2.20. The van der Waals surface area contributed by atoms with Crippen LogP contribution in [0.1, 0.15) is 45.4 Å². The predicted molar refractivity (Wildman–Crippen MR) is 104 cm³/mol. The van der Waals surface area contributed by atoms with Gasteiger partial charge in [-0.1, -0.05) is 24.3 Å². The number of thiophene rings is 1. The number of Topliss-reactive ketones (excluding diaryl/α,β-unsaturated/α-hetero) is 1. The number of ether oxygens (including phenoxy) is 1. The number of hydrogen-bond acceptors (Lipinski definition) is 5. The lowest BCUT2D eigenvalue weighted by Crippen LogP contribution is -2.42. The maximum absolute atomic E-state index is 12.6. The summed E-state index contributed by atoms with van der Waals surface area (Å²) in [7, 11) is 0. The average Bonchev–Trinajstić information content (AvgIpc) is 3.11. The molecule has 1 aromatic carbocycles. The van der Waals surface area contributed by atoms with E-state index >= 15 is 0 Å². The van der Waals surface area contributed by atoms with Crippen LogP contribution in [0.25, 0.3) is 0 Å². The topological polar surface area (TPSA) is 63.7 Å². The van der Waals surface area contributed by atoms with Crippen LogP contribution in [-0.4, -0.2) is 35.2 Å². The average molecular weight is 385 g/mol. The lowest BCUT2D eigenvalue weighted by Gasteiger charge is -2.30. The van der Waals surface area contributed by atoms with E-state index in [0.717, 1.165) is 16.9 Å². The number of benzene rings is 1. The van der Waals surface area contributed by atoms with Crippen LogP contribution in [0.5, 0.6) is 0 Å². The number of aryl methyl sites for hydroxylation is 1. The highest BCUT2D eigenvalue weighted by atomic mass is 32.1. The molecule has 1 aromatic heterocycles. The quantitative estimate of drug-likeness (QED) is 0.564. The molecule has 3 rings (SSSR count). The first kappa shape index (κ1) is 19.3. The lowest BCUT2D eigenvalue weighted by atomic mass is 9.99. The normalized spacial score (nSPS) is 14.4. The van der Waals surface area contributed by atoms with Crippen LogP contribution in [-0.2, 0) is 27.3 Å². The molecule has 1 aliphatic heterocycles. The van der Waals surface area contributed by atoms with Crippen molar-refractivity contribution in [1.29, 1.82) is 0 Å². The third kappa shape index (κ3) is 4.83. The Morgan fingerprint density at radius 2 is 1.85 bits per heavy atom. The minimum absolute atomic E-state index is 0.0176. The number of ketones is 1. The van der Waals surface area contributed by atoms with Crippen molar-refractivity contribution >= 4 is 29.0 Å². The van der Waals surface area contributed by atoms with E-state index < -0.39 is 12.1 Å². The van der Waals surface area contributed by atoms with E-state index in [9.17, 15) is 14.4 Å². The monoisotopic (exact) mass is 385 g/mol. The smallest absolute Gasteiger partial charge is 0.307 e. The fourth-order valence-electron chi connectivity index (χ4n) is 3.17. The fourth-order valence-corrected chi connectivity index (χ4v) is 4.01. The van der Waals surface area contributed by atoms with Crippen molar-refractivity contribution < 1.29 is 19.1 Å². The van der Waals surface area contributed by atoms with Crippen molar-refractivity contribution in [3.8, 4) is 0 Å². The number of carbonyl (C=O) groups excluding carboxylic acids is 3. The van der Waals surface area contributed by atoms with E-state index in [4.69, 9.17) is 4.74 Å². The van der Waals surface area contributed by atoms with Gasteiger partial charge in [-0.25, -0.2) is 0 Å².